The Morgan fingerprint density at radius 1 is 1.26 bits per heavy atom. The first kappa shape index (κ1) is 14.8. The minimum atomic E-state index is -0.527. The summed E-state index contributed by atoms with van der Waals surface area (Å²) in [5.41, 5.74) is 1.21. The highest BCUT2D eigenvalue weighted by Crippen LogP contribution is 2.35. The summed E-state index contributed by atoms with van der Waals surface area (Å²) in [5.74, 6) is 0. The van der Waals surface area contributed by atoms with Crippen molar-refractivity contribution in [2.75, 3.05) is 13.1 Å². The van der Waals surface area contributed by atoms with Crippen molar-refractivity contribution < 1.29 is 5.11 Å². The molecule has 3 heteroatoms. The average Bonchev–Trinajstić information content (AvgIpc) is 2.39. The monoisotopic (exact) mass is 281 g/mol. The molecular weight excluding hydrogens is 258 g/mol. The fourth-order valence-electron chi connectivity index (χ4n) is 2.95. The number of rotatable bonds is 5. The number of nitrogens with one attached hydrogen (secondary N) is 1. The molecule has 1 saturated carbocycles. The molecule has 0 heterocycles. The van der Waals surface area contributed by atoms with Gasteiger partial charge in [-0.3, -0.25) is 0 Å². The zero-order valence-electron chi connectivity index (χ0n) is 11.7. The fraction of sp³-hybridized carbons (Fsp3) is 0.625. The van der Waals surface area contributed by atoms with Crippen molar-refractivity contribution in [3.8, 4) is 0 Å². The molecule has 0 amide bonds. The molecule has 0 bridgehead atoms. The van der Waals surface area contributed by atoms with Crippen molar-refractivity contribution in [3.63, 3.8) is 0 Å². The molecule has 2 N–H and O–H groups in total. The van der Waals surface area contributed by atoms with E-state index >= 15 is 0 Å². The maximum absolute atomic E-state index is 10.2. The van der Waals surface area contributed by atoms with E-state index in [4.69, 9.17) is 11.6 Å². The molecule has 1 unspecified atom stereocenters. The quantitative estimate of drug-likeness (QED) is 0.857. The lowest BCUT2D eigenvalue weighted by Gasteiger charge is -2.34. The van der Waals surface area contributed by atoms with Crippen molar-refractivity contribution in [1.82, 2.24) is 5.32 Å². The smallest absolute Gasteiger partial charge is 0.0928 e. The van der Waals surface area contributed by atoms with Gasteiger partial charge in [0.05, 0.1) is 6.10 Å². The molecule has 1 fully saturated rings. The molecule has 106 valence electrons. The van der Waals surface area contributed by atoms with Gasteiger partial charge in [0, 0.05) is 23.7 Å². The molecule has 1 aliphatic carbocycles. The molecule has 19 heavy (non-hydrogen) atoms. The molecule has 2 nitrogen and oxygen atoms in total. The minimum absolute atomic E-state index is 0.401. The molecule has 1 aromatic carbocycles. The topological polar surface area (TPSA) is 32.3 Å². The van der Waals surface area contributed by atoms with Gasteiger partial charge in [0.2, 0.25) is 0 Å². The van der Waals surface area contributed by atoms with Crippen LogP contribution in [0.15, 0.2) is 24.3 Å². The van der Waals surface area contributed by atoms with Crippen LogP contribution in [0.25, 0.3) is 0 Å². The van der Waals surface area contributed by atoms with Crippen molar-refractivity contribution in [1.29, 1.82) is 0 Å². The molecular formula is C16H24ClNO. The minimum Gasteiger partial charge on any atom is -0.387 e. The average molecular weight is 282 g/mol. The second-order valence-electron chi connectivity index (χ2n) is 6.04. The molecule has 1 aromatic rings. The summed E-state index contributed by atoms with van der Waals surface area (Å²) in [6, 6.07) is 7.50. The molecule has 0 saturated heterocycles. The molecule has 0 radical (unpaired) electrons. The summed E-state index contributed by atoms with van der Waals surface area (Å²) in [6.45, 7) is 3.90. The van der Waals surface area contributed by atoms with Gasteiger partial charge in [0.25, 0.3) is 0 Å². The number of hydrogen-bond acceptors (Lipinski definition) is 2. The van der Waals surface area contributed by atoms with Crippen LogP contribution in [-0.2, 0) is 0 Å². The van der Waals surface area contributed by atoms with Crippen molar-refractivity contribution in [3.05, 3.63) is 34.9 Å². The number of halogens is 1. The van der Waals surface area contributed by atoms with E-state index in [9.17, 15) is 5.11 Å². The van der Waals surface area contributed by atoms with Crippen LogP contribution in [0.3, 0.4) is 0 Å². The Balaban J connectivity index is 1.81. The lowest BCUT2D eigenvalue weighted by molar-refractivity contribution is 0.155. The number of benzene rings is 1. The predicted molar refractivity (Wildman–Crippen MR) is 80.5 cm³/mol. The molecule has 0 spiro atoms. The maximum atomic E-state index is 10.2. The van der Waals surface area contributed by atoms with E-state index in [0.29, 0.717) is 17.0 Å². The Hall–Kier alpha value is -0.570. The van der Waals surface area contributed by atoms with Gasteiger partial charge in [-0.05, 0) is 24.3 Å². The highest BCUT2D eigenvalue weighted by molar-refractivity contribution is 6.31. The summed E-state index contributed by atoms with van der Waals surface area (Å²) in [4.78, 5) is 0. The number of hydrogen-bond donors (Lipinski definition) is 2. The normalized spacial score (nSPS) is 20.2. The van der Waals surface area contributed by atoms with Gasteiger partial charge in [-0.1, -0.05) is 56.0 Å². The third kappa shape index (κ3) is 4.20. The fourth-order valence-corrected chi connectivity index (χ4v) is 3.21. The van der Waals surface area contributed by atoms with Crippen LogP contribution < -0.4 is 5.32 Å². The van der Waals surface area contributed by atoms with Crippen LogP contribution in [0.4, 0.5) is 0 Å². The van der Waals surface area contributed by atoms with Crippen LogP contribution in [0, 0.1) is 5.41 Å². The van der Waals surface area contributed by atoms with Gasteiger partial charge in [0.1, 0.15) is 0 Å². The van der Waals surface area contributed by atoms with E-state index in [1.54, 1.807) is 0 Å². The molecule has 1 atom stereocenters. The van der Waals surface area contributed by atoms with E-state index in [2.05, 4.69) is 12.2 Å². The van der Waals surface area contributed by atoms with Gasteiger partial charge in [-0.15, -0.1) is 0 Å². The van der Waals surface area contributed by atoms with E-state index in [0.717, 1.165) is 12.1 Å². The first-order valence-electron chi connectivity index (χ1n) is 7.24. The molecule has 0 aromatic heterocycles. The largest absolute Gasteiger partial charge is 0.387 e. The van der Waals surface area contributed by atoms with E-state index in [1.807, 2.05) is 24.3 Å². The van der Waals surface area contributed by atoms with Crippen LogP contribution in [0.5, 0.6) is 0 Å². The third-order valence-corrected chi connectivity index (χ3v) is 4.56. The van der Waals surface area contributed by atoms with Crippen molar-refractivity contribution in [2.45, 2.75) is 45.1 Å². The lowest BCUT2D eigenvalue weighted by Crippen LogP contribution is -2.35. The Kier molecular flexibility index (Phi) is 5.26. The number of aliphatic hydroxyl groups is 1. The Morgan fingerprint density at radius 3 is 2.63 bits per heavy atom. The Labute approximate surface area is 121 Å². The first-order chi connectivity index (χ1) is 9.11. The third-order valence-electron chi connectivity index (χ3n) is 4.21. The maximum Gasteiger partial charge on any atom is 0.0928 e. The van der Waals surface area contributed by atoms with E-state index in [1.165, 1.54) is 32.1 Å². The van der Waals surface area contributed by atoms with Gasteiger partial charge in [-0.2, -0.15) is 0 Å². The van der Waals surface area contributed by atoms with Gasteiger partial charge < -0.3 is 10.4 Å². The summed E-state index contributed by atoms with van der Waals surface area (Å²) in [5, 5.41) is 14.2. The van der Waals surface area contributed by atoms with Gasteiger partial charge in [-0.25, -0.2) is 0 Å². The summed E-state index contributed by atoms with van der Waals surface area (Å²) < 4.78 is 0. The van der Waals surface area contributed by atoms with Crippen LogP contribution in [0.1, 0.15) is 50.7 Å². The predicted octanol–water partition coefficient (Wildman–Crippen LogP) is 3.93. The zero-order valence-corrected chi connectivity index (χ0v) is 12.4. The van der Waals surface area contributed by atoms with Crippen LogP contribution in [0.2, 0.25) is 5.02 Å². The lowest BCUT2D eigenvalue weighted by atomic mass is 9.76. The molecule has 0 aliphatic heterocycles. The van der Waals surface area contributed by atoms with Crippen molar-refractivity contribution >= 4 is 11.6 Å². The number of aliphatic hydroxyl groups excluding tert-OH is 1. The van der Waals surface area contributed by atoms with Crippen molar-refractivity contribution in [2.24, 2.45) is 5.41 Å². The van der Waals surface area contributed by atoms with Crippen LogP contribution >= 0.6 is 11.6 Å². The van der Waals surface area contributed by atoms with E-state index in [-0.39, 0.29) is 0 Å². The molecule has 2 rings (SSSR count). The molecule has 1 aliphatic rings. The van der Waals surface area contributed by atoms with Gasteiger partial charge >= 0.3 is 0 Å². The highest BCUT2D eigenvalue weighted by Gasteiger charge is 2.26. The zero-order chi connectivity index (χ0) is 13.7. The summed E-state index contributed by atoms with van der Waals surface area (Å²) >= 11 is 6.09. The van der Waals surface area contributed by atoms with E-state index < -0.39 is 6.10 Å². The SMILES string of the molecule is CC1(CNCC(O)c2ccccc2Cl)CCCCC1. The second kappa shape index (κ2) is 6.74. The Bertz CT molecular complexity index is 401. The van der Waals surface area contributed by atoms with Crippen LogP contribution in [-0.4, -0.2) is 18.2 Å². The second-order valence-corrected chi connectivity index (χ2v) is 6.45. The summed E-state index contributed by atoms with van der Waals surface area (Å²) in [7, 11) is 0. The highest BCUT2D eigenvalue weighted by atomic mass is 35.5. The Morgan fingerprint density at radius 2 is 1.95 bits per heavy atom. The van der Waals surface area contributed by atoms with Gasteiger partial charge in [0.15, 0.2) is 0 Å². The summed E-state index contributed by atoms with van der Waals surface area (Å²) in [6.07, 6.45) is 6.11. The first-order valence-corrected chi connectivity index (χ1v) is 7.62. The standard InChI is InChI=1S/C16H24ClNO/c1-16(9-5-2-6-10-16)12-18-11-15(19)13-7-3-4-8-14(13)17/h3-4,7-8,15,18-19H,2,5-6,9-12H2,1H3.